The number of aryl methyl sites for hydroxylation is 1. The molecule has 140 valence electrons. The van der Waals surface area contributed by atoms with Crippen molar-refractivity contribution >= 4 is 22.7 Å². The van der Waals surface area contributed by atoms with E-state index >= 15 is 0 Å². The number of nitrogens with two attached hydrogens (primary N) is 1. The first-order valence-corrected chi connectivity index (χ1v) is 9.12. The Balaban J connectivity index is 1.43. The van der Waals surface area contributed by atoms with E-state index in [0.717, 1.165) is 53.3 Å². The maximum absolute atomic E-state index is 11.5. The van der Waals surface area contributed by atoms with Crippen molar-refractivity contribution in [1.29, 1.82) is 0 Å². The molecule has 1 aliphatic rings. The van der Waals surface area contributed by atoms with Crippen LogP contribution in [0.25, 0.3) is 11.0 Å². The number of hydrogen-bond donors (Lipinski definition) is 2. The number of furan rings is 1. The molecular weight excluding hydrogens is 342 g/mol. The molecule has 0 saturated carbocycles. The molecule has 7 heteroatoms. The Bertz CT molecular complexity index is 964. The Hall–Kier alpha value is -2.93. The minimum absolute atomic E-state index is 0.0757. The van der Waals surface area contributed by atoms with E-state index in [1.807, 2.05) is 32.0 Å². The summed E-state index contributed by atoms with van der Waals surface area (Å²) in [5.41, 5.74) is 8.05. The van der Waals surface area contributed by atoms with Crippen molar-refractivity contribution in [3.05, 3.63) is 53.2 Å². The highest BCUT2D eigenvalue weighted by atomic mass is 16.3. The van der Waals surface area contributed by atoms with E-state index in [-0.39, 0.29) is 5.82 Å². The number of anilines is 1. The maximum Gasteiger partial charge on any atom is 0.286 e. The fraction of sp³-hybridized carbons (Fsp3) is 0.350. The number of benzene rings is 1. The number of nitrogens with one attached hydrogen (secondary N) is 1. The van der Waals surface area contributed by atoms with Gasteiger partial charge in [0, 0.05) is 35.8 Å². The van der Waals surface area contributed by atoms with Gasteiger partial charge >= 0.3 is 0 Å². The van der Waals surface area contributed by atoms with Crippen LogP contribution in [0.2, 0.25) is 0 Å². The highest BCUT2D eigenvalue weighted by Gasteiger charge is 2.26. The third-order valence-corrected chi connectivity index (χ3v) is 5.11. The number of rotatable bonds is 5. The van der Waals surface area contributed by atoms with Crippen molar-refractivity contribution in [3.8, 4) is 0 Å². The molecule has 3 heterocycles. The normalized spacial score (nSPS) is 17.0. The number of para-hydroxylation sites is 1. The number of hydrogen-bond acceptors (Lipinski definition) is 6. The minimum atomic E-state index is -0.599. The molecule has 1 atom stereocenters. The van der Waals surface area contributed by atoms with Gasteiger partial charge in [-0.3, -0.25) is 4.79 Å². The largest absolute Gasteiger partial charge is 0.460 e. The van der Waals surface area contributed by atoms with Gasteiger partial charge < -0.3 is 20.4 Å². The average molecular weight is 365 g/mol. The van der Waals surface area contributed by atoms with Gasteiger partial charge in [0.2, 0.25) is 5.82 Å². The van der Waals surface area contributed by atoms with Crippen molar-refractivity contribution in [2.24, 2.45) is 5.73 Å². The summed E-state index contributed by atoms with van der Waals surface area (Å²) in [6.45, 7) is 6.22. The average Bonchev–Trinajstić information content (AvgIpc) is 3.28. The Morgan fingerprint density at radius 1 is 1.33 bits per heavy atom. The van der Waals surface area contributed by atoms with Crippen molar-refractivity contribution in [2.45, 2.75) is 32.9 Å². The highest BCUT2D eigenvalue weighted by molar-refractivity contribution is 5.89. The van der Waals surface area contributed by atoms with E-state index in [1.54, 1.807) is 0 Å². The summed E-state index contributed by atoms with van der Waals surface area (Å²) < 4.78 is 5.87. The number of amides is 1. The molecule has 0 spiro atoms. The molecule has 0 unspecified atom stereocenters. The van der Waals surface area contributed by atoms with E-state index < -0.39 is 5.91 Å². The Kier molecular flexibility index (Phi) is 4.53. The summed E-state index contributed by atoms with van der Waals surface area (Å²) in [5.74, 6) is 1.20. The van der Waals surface area contributed by atoms with Crippen LogP contribution in [0.5, 0.6) is 0 Å². The van der Waals surface area contributed by atoms with Gasteiger partial charge in [0.15, 0.2) is 0 Å². The number of carbonyl (C=O) groups excluding carboxylic acids is 1. The molecule has 4 rings (SSSR count). The summed E-state index contributed by atoms with van der Waals surface area (Å²) in [7, 11) is 0. The fourth-order valence-electron chi connectivity index (χ4n) is 3.52. The predicted molar refractivity (Wildman–Crippen MR) is 104 cm³/mol. The molecule has 7 nitrogen and oxygen atoms in total. The molecule has 27 heavy (non-hydrogen) atoms. The van der Waals surface area contributed by atoms with Gasteiger partial charge in [-0.15, -0.1) is 0 Å². The molecule has 1 saturated heterocycles. The smallest absolute Gasteiger partial charge is 0.286 e. The van der Waals surface area contributed by atoms with Crippen LogP contribution in [-0.4, -0.2) is 35.0 Å². The molecular formula is C20H23N5O2. The number of carbonyl (C=O) groups is 1. The second kappa shape index (κ2) is 7.00. The van der Waals surface area contributed by atoms with E-state index in [4.69, 9.17) is 10.2 Å². The van der Waals surface area contributed by atoms with Gasteiger partial charge in [0.05, 0.1) is 6.54 Å². The van der Waals surface area contributed by atoms with Crippen molar-refractivity contribution in [1.82, 2.24) is 15.3 Å². The van der Waals surface area contributed by atoms with Crippen LogP contribution in [0.3, 0.4) is 0 Å². The van der Waals surface area contributed by atoms with Gasteiger partial charge in [-0.1, -0.05) is 18.2 Å². The van der Waals surface area contributed by atoms with Crippen LogP contribution in [0.4, 0.5) is 5.82 Å². The maximum atomic E-state index is 11.5. The Morgan fingerprint density at radius 2 is 2.15 bits per heavy atom. The zero-order valence-electron chi connectivity index (χ0n) is 15.5. The van der Waals surface area contributed by atoms with Crippen LogP contribution in [-0.2, 0) is 6.54 Å². The van der Waals surface area contributed by atoms with Gasteiger partial charge in [-0.25, -0.2) is 9.97 Å². The number of fused-ring (bicyclic) bond motifs is 1. The summed E-state index contributed by atoms with van der Waals surface area (Å²) in [4.78, 5) is 22.2. The fourth-order valence-corrected chi connectivity index (χ4v) is 3.52. The van der Waals surface area contributed by atoms with Crippen molar-refractivity contribution in [3.63, 3.8) is 0 Å². The lowest BCUT2D eigenvalue weighted by atomic mass is 10.2. The topological polar surface area (TPSA) is 97.3 Å². The van der Waals surface area contributed by atoms with Crippen LogP contribution < -0.4 is 16.0 Å². The monoisotopic (exact) mass is 365 g/mol. The van der Waals surface area contributed by atoms with Gasteiger partial charge in [-0.05, 0) is 32.4 Å². The molecule has 0 radical (unpaired) electrons. The van der Waals surface area contributed by atoms with Crippen molar-refractivity contribution < 1.29 is 9.21 Å². The lowest BCUT2D eigenvalue weighted by Crippen LogP contribution is -2.33. The molecule has 1 amide bonds. The molecule has 3 aromatic rings. The highest BCUT2D eigenvalue weighted by Crippen LogP contribution is 2.24. The lowest BCUT2D eigenvalue weighted by molar-refractivity contribution is 0.0990. The van der Waals surface area contributed by atoms with Crippen LogP contribution in [0.15, 0.2) is 34.7 Å². The summed E-state index contributed by atoms with van der Waals surface area (Å²) >= 11 is 0. The first-order chi connectivity index (χ1) is 13.0. The molecule has 2 aromatic heterocycles. The van der Waals surface area contributed by atoms with Gasteiger partial charge in [0.25, 0.3) is 5.91 Å². The third-order valence-electron chi connectivity index (χ3n) is 5.11. The quantitative estimate of drug-likeness (QED) is 0.720. The first-order valence-electron chi connectivity index (χ1n) is 9.12. The molecule has 3 N–H and O–H groups in total. The Labute approximate surface area is 157 Å². The molecule has 0 aliphatic carbocycles. The zero-order valence-corrected chi connectivity index (χ0v) is 15.5. The second-order valence-corrected chi connectivity index (χ2v) is 7.01. The van der Waals surface area contributed by atoms with E-state index in [2.05, 4.69) is 32.3 Å². The number of nitrogens with zero attached hydrogens (tertiary/aromatic N) is 3. The molecule has 1 aromatic carbocycles. The number of primary amides is 1. The summed E-state index contributed by atoms with van der Waals surface area (Å²) in [6, 6.07) is 10.4. The van der Waals surface area contributed by atoms with Crippen molar-refractivity contribution in [2.75, 3.05) is 18.0 Å². The van der Waals surface area contributed by atoms with Crippen LogP contribution in [0, 0.1) is 13.8 Å². The van der Waals surface area contributed by atoms with E-state index in [9.17, 15) is 4.79 Å². The predicted octanol–water partition coefficient (Wildman–Crippen LogP) is 2.31. The van der Waals surface area contributed by atoms with E-state index in [1.165, 1.54) is 0 Å². The molecule has 1 fully saturated rings. The van der Waals surface area contributed by atoms with Gasteiger partial charge in [0.1, 0.15) is 17.2 Å². The molecule has 0 bridgehead atoms. The van der Waals surface area contributed by atoms with E-state index in [0.29, 0.717) is 12.6 Å². The van der Waals surface area contributed by atoms with Crippen LogP contribution in [0.1, 0.15) is 34.1 Å². The minimum Gasteiger partial charge on any atom is -0.460 e. The second-order valence-electron chi connectivity index (χ2n) is 7.01. The first kappa shape index (κ1) is 17.5. The van der Waals surface area contributed by atoms with Crippen LogP contribution >= 0.6 is 0 Å². The SMILES string of the molecule is Cc1nc(C(N)=O)nc(N2CC[C@@H](NCc3cc4ccccc4o3)C2)c1C. The number of aromatic nitrogens is 2. The zero-order chi connectivity index (χ0) is 19.0. The molecule has 1 aliphatic heterocycles. The Morgan fingerprint density at radius 3 is 2.93 bits per heavy atom. The summed E-state index contributed by atoms with van der Waals surface area (Å²) in [6.07, 6.45) is 0.995. The standard InChI is InChI=1S/C20H23N5O2/c1-12-13(2)23-19(18(21)26)24-20(12)25-8-7-15(11-25)22-10-16-9-14-5-3-4-6-17(14)27-16/h3-6,9,15,22H,7-8,10-11H2,1-2H3,(H2,21,26)/t15-/m1/s1. The third kappa shape index (κ3) is 3.50. The van der Waals surface area contributed by atoms with Gasteiger partial charge in [-0.2, -0.15) is 0 Å². The summed E-state index contributed by atoms with van der Waals surface area (Å²) in [5, 5.41) is 4.68. The lowest BCUT2D eigenvalue weighted by Gasteiger charge is -2.21.